The van der Waals surface area contributed by atoms with Gasteiger partial charge >= 0.3 is 12.0 Å². The van der Waals surface area contributed by atoms with Crippen LogP contribution in [0.15, 0.2) is 48.5 Å². The molecule has 1 aliphatic heterocycles. The van der Waals surface area contributed by atoms with Crippen LogP contribution in [0.1, 0.15) is 24.5 Å². The molecule has 0 unspecified atom stereocenters. The third kappa shape index (κ3) is 4.74. The predicted octanol–water partition coefficient (Wildman–Crippen LogP) is 3.47. The Balaban J connectivity index is 1.58. The molecule has 0 saturated carbocycles. The zero-order valence-electron chi connectivity index (χ0n) is 15.8. The summed E-state index contributed by atoms with van der Waals surface area (Å²) in [5, 5.41) is 2.77. The number of benzene rings is 2. The molecular formula is C21H20ClFN2O4. The van der Waals surface area contributed by atoms with Gasteiger partial charge in [-0.2, -0.15) is 0 Å². The van der Waals surface area contributed by atoms with Gasteiger partial charge in [0.15, 0.2) is 0 Å². The first-order chi connectivity index (χ1) is 13.8. The number of aryl methyl sites for hydroxylation is 1. The van der Waals surface area contributed by atoms with E-state index in [1.807, 2.05) is 30.3 Å². The molecule has 2 aromatic carbocycles. The van der Waals surface area contributed by atoms with Gasteiger partial charge in [-0.3, -0.25) is 14.5 Å². The number of imide groups is 1. The van der Waals surface area contributed by atoms with Crippen LogP contribution in [0.3, 0.4) is 0 Å². The van der Waals surface area contributed by atoms with E-state index in [0.717, 1.165) is 10.5 Å². The summed E-state index contributed by atoms with van der Waals surface area (Å²) in [4.78, 5) is 37.9. The van der Waals surface area contributed by atoms with E-state index in [1.165, 1.54) is 18.2 Å². The molecule has 29 heavy (non-hydrogen) atoms. The fourth-order valence-corrected chi connectivity index (χ4v) is 3.31. The second-order valence-corrected chi connectivity index (χ2v) is 7.41. The van der Waals surface area contributed by atoms with Crippen molar-refractivity contribution in [3.63, 3.8) is 0 Å². The van der Waals surface area contributed by atoms with E-state index in [9.17, 15) is 18.8 Å². The monoisotopic (exact) mass is 418 g/mol. The summed E-state index contributed by atoms with van der Waals surface area (Å²) in [6.07, 6.45) is 0.978. The second-order valence-electron chi connectivity index (χ2n) is 7.00. The smallest absolute Gasteiger partial charge is 0.326 e. The van der Waals surface area contributed by atoms with Gasteiger partial charge in [0, 0.05) is 5.56 Å². The summed E-state index contributed by atoms with van der Waals surface area (Å²) in [7, 11) is 0. The van der Waals surface area contributed by atoms with Crippen LogP contribution in [-0.4, -0.2) is 34.9 Å². The molecule has 152 valence electrons. The van der Waals surface area contributed by atoms with Crippen molar-refractivity contribution in [3.05, 3.63) is 70.5 Å². The molecule has 1 saturated heterocycles. The van der Waals surface area contributed by atoms with Gasteiger partial charge in [-0.15, -0.1) is 0 Å². The normalized spacial score (nSPS) is 18.7. The number of hydrogen-bond acceptors (Lipinski definition) is 4. The van der Waals surface area contributed by atoms with Crippen molar-refractivity contribution >= 4 is 29.5 Å². The average Bonchev–Trinajstić information content (AvgIpc) is 2.90. The SMILES string of the molecule is C[C@]1(CCc2ccccc2)NC(=O)N(CC(=O)OCc2c(F)cccc2Cl)C1=O. The van der Waals surface area contributed by atoms with Crippen molar-refractivity contribution in [1.29, 1.82) is 0 Å². The second kappa shape index (κ2) is 8.61. The van der Waals surface area contributed by atoms with Crippen LogP contribution in [0.25, 0.3) is 0 Å². The van der Waals surface area contributed by atoms with Crippen LogP contribution in [0.5, 0.6) is 0 Å². The van der Waals surface area contributed by atoms with E-state index in [1.54, 1.807) is 6.92 Å². The Bertz CT molecular complexity index is 917. The third-order valence-corrected chi connectivity index (χ3v) is 5.18. The predicted molar refractivity (Wildman–Crippen MR) is 105 cm³/mol. The number of nitrogens with zero attached hydrogens (tertiary/aromatic N) is 1. The molecule has 0 aliphatic carbocycles. The van der Waals surface area contributed by atoms with Gasteiger partial charge in [-0.1, -0.05) is 48.0 Å². The minimum Gasteiger partial charge on any atom is -0.459 e. The van der Waals surface area contributed by atoms with E-state index >= 15 is 0 Å². The summed E-state index contributed by atoms with van der Waals surface area (Å²) in [6, 6.07) is 13.0. The maximum atomic E-state index is 13.8. The maximum absolute atomic E-state index is 13.8. The van der Waals surface area contributed by atoms with Gasteiger partial charge in [0.1, 0.15) is 24.5 Å². The van der Waals surface area contributed by atoms with Gasteiger partial charge in [0.25, 0.3) is 5.91 Å². The highest BCUT2D eigenvalue weighted by Crippen LogP contribution is 2.24. The van der Waals surface area contributed by atoms with Crippen molar-refractivity contribution in [2.24, 2.45) is 0 Å². The summed E-state index contributed by atoms with van der Waals surface area (Å²) < 4.78 is 18.8. The van der Waals surface area contributed by atoms with Gasteiger partial charge in [-0.25, -0.2) is 9.18 Å². The molecule has 6 nitrogen and oxygen atoms in total. The zero-order valence-corrected chi connectivity index (χ0v) is 16.5. The molecule has 0 bridgehead atoms. The quantitative estimate of drug-likeness (QED) is 0.552. The average molecular weight is 419 g/mol. The van der Waals surface area contributed by atoms with Crippen LogP contribution in [-0.2, 0) is 27.4 Å². The fourth-order valence-electron chi connectivity index (χ4n) is 3.10. The minimum atomic E-state index is -1.11. The van der Waals surface area contributed by atoms with Crippen LogP contribution in [0.2, 0.25) is 5.02 Å². The highest BCUT2D eigenvalue weighted by atomic mass is 35.5. The highest BCUT2D eigenvalue weighted by Gasteiger charge is 2.48. The molecule has 1 N–H and O–H groups in total. The molecule has 0 radical (unpaired) electrons. The molecule has 3 rings (SSSR count). The van der Waals surface area contributed by atoms with E-state index in [4.69, 9.17) is 16.3 Å². The maximum Gasteiger partial charge on any atom is 0.326 e. The van der Waals surface area contributed by atoms with E-state index in [2.05, 4.69) is 5.32 Å². The third-order valence-electron chi connectivity index (χ3n) is 4.83. The number of carbonyl (C=O) groups excluding carboxylic acids is 3. The molecule has 8 heteroatoms. The number of carbonyl (C=O) groups is 3. The first-order valence-electron chi connectivity index (χ1n) is 9.07. The Labute approximate surface area is 172 Å². The topological polar surface area (TPSA) is 75.7 Å². The van der Waals surface area contributed by atoms with Gasteiger partial charge in [0.2, 0.25) is 0 Å². The molecular weight excluding hydrogens is 399 g/mol. The van der Waals surface area contributed by atoms with E-state index in [-0.39, 0.29) is 17.2 Å². The highest BCUT2D eigenvalue weighted by molar-refractivity contribution is 6.31. The van der Waals surface area contributed by atoms with Crippen LogP contribution >= 0.6 is 11.6 Å². The summed E-state index contributed by atoms with van der Waals surface area (Å²) in [5.41, 5.74) is -0.0370. The fraction of sp³-hybridized carbons (Fsp3) is 0.286. The molecule has 0 aromatic heterocycles. The molecule has 1 heterocycles. The Hall–Kier alpha value is -2.93. The Morgan fingerprint density at radius 2 is 1.90 bits per heavy atom. The molecule has 1 aliphatic rings. The Morgan fingerprint density at radius 1 is 1.17 bits per heavy atom. The van der Waals surface area contributed by atoms with Crippen LogP contribution < -0.4 is 5.32 Å². The number of hydrogen-bond donors (Lipinski definition) is 1. The van der Waals surface area contributed by atoms with Crippen LogP contribution in [0.4, 0.5) is 9.18 Å². The first-order valence-corrected chi connectivity index (χ1v) is 9.44. The van der Waals surface area contributed by atoms with E-state index in [0.29, 0.717) is 12.8 Å². The van der Waals surface area contributed by atoms with Crippen molar-refractivity contribution < 1.29 is 23.5 Å². The lowest BCUT2D eigenvalue weighted by Crippen LogP contribution is -2.44. The van der Waals surface area contributed by atoms with E-state index < -0.39 is 35.8 Å². The Kier molecular flexibility index (Phi) is 6.17. The zero-order chi connectivity index (χ0) is 21.0. The van der Waals surface area contributed by atoms with Gasteiger partial charge in [-0.05, 0) is 37.5 Å². The van der Waals surface area contributed by atoms with Gasteiger partial charge < -0.3 is 10.1 Å². The summed E-state index contributed by atoms with van der Waals surface area (Å²) in [5.74, 6) is -1.94. The number of esters is 1. The lowest BCUT2D eigenvalue weighted by molar-refractivity contribution is -0.148. The van der Waals surface area contributed by atoms with Crippen molar-refractivity contribution in [1.82, 2.24) is 10.2 Å². The summed E-state index contributed by atoms with van der Waals surface area (Å²) in [6.45, 7) is 0.678. The van der Waals surface area contributed by atoms with Crippen molar-refractivity contribution in [2.45, 2.75) is 31.9 Å². The number of urea groups is 1. The molecule has 2 aromatic rings. The molecule has 0 spiro atoms. The Morgan fingerprint density at radius 3 is 2.59 bits per heavy atom. The number of rotatable bonds is 7. The van der Waals surface area contributed by atoms with Crippen molar-refractivity contribution in [2.75, 3.05) is 6.54 Å². The molecule has 3 amide bonds. The lowest BCUT2D eigenvalue weighted by atomic mass is 9.93. The number of ether oxygens (including phenoxy) is 1. The first kappa shape index (κ1) is 20.8. The summed E-state index contributed by atoms with van der Waals surface area (Å²) >= 11 is 5.89. The number of nitrogens with one attached hydrogen (secondary N) is 1. The standard InChI is InChI=1S/C21H20ClFN2O4/c1-21(11-10-14-6-3-2-4-7-14)19(27)25(20(28)24-21)12-18(26)29-13-15-16(22)8-5-9-17(15)23/h2-9H,10-13H2,1H3,(H,24,28)/t21-/m1/s1. The van der Waals surface area contributed by atoms with Crippen LogP contribution in [0, 0.1) is 5.82 Å². The van der Waals surface area contributed by atoms with Crippen molar-refractivity contribution in [3.8, 4) is 0 Å². The largest absolute Gasteiger partial charge is 0.459 e. The minimum absolute atomic E-state index is 0.0346. The molecule has 1 atom stereocenters. The van der Waals surface area contributed by atoms with Gasteiger partial charge in [0.05, 0.1) is 5.02 Å². The number of halogens is 2. The number of amides is 3. The lowest BCUT2D eigenvalue weighted by Gasteiger charge is -2.21. The molecule has 1 fully saturated rings.